The average Bonchev–Trinajstić information content (AvgIpc) is 3.36. The van der Waals surface area contributed by atoms with Crippen LogP contribution < -0.4 is 11.1 Å². The molecule has 3 N–H and O–H groups in total. The fourth-order valence-corrected chi connectivity index (χ4v) is 6.29. The molecule has 30 heavy (non-hydrogen) atoms. The van der Waals surface area contributed by atoms with Gasteiger partial charge in [0.1, 0.15) is 11.3 Å². The van der Waals surface area contributed by atoms with Crippen LogP contribution in [0.15, 0.2) is 6.07 Å². The number of nitrogens with zero attached hydrogens (tertiary/aromatic N) is 3. The van der Waals surface area contributed by atoms with Crippen LogP contribution in [0.25, 0.3) is 21.3 Å². The highest BCUT2D eigenvalue weighted by atomic mass is 32.1. The summed E-state index contributed by atoms with van der Waals surface area (Å²) in [5, 5.41) is 3.50. The molecule has 0 aromatic carbocycles. The quantitative estimate of drug-likeness (QED) is 0.607. The Labute approximate surface area is 182 Å². The maximum atomic E-state index is 6.44. The van der Waals surface area contributed by atoms with Crippen LogP contribution in [0.5, 0.6) is 0 Å². The molecule has 0 bridgehead atoms. The summed E-state index contributed by atoms with van der Waals surface area (Å²) in [7, 11) is 0. The van der Waals surface area contributed by atoms with Crippen LogP contribution >= 0.6 is 11.3 Å². The van der Waals surface area contributed by atoms with Gasteiger partial charge in [0.05, 0.1) is 15.7 Å². The molecule has 2 aliphatic heterocycles. The number of nitrogens with two attached hydrogens (primary N) is 1. The van der Waals surface area contributed by atoms with Crippen LogP contribution in [0.3, 0.4) is 0 Å². The van der Waals surface area contributed by atoms with Gasteiger partial charge in [0.15, 0.2) is 5.82 Å². The molecule has 6 nitrogen and oxygen atoms in total. The van der Waals surface area contributed by atoms with E-state index in [4.69, 9.17) is 20.4 Å². The standard InChI is InChI=1S/C23H33N5OS/c1-2-3-4-19-27-20-21(28(19)14-15-5-9-25-10-6-15)22-17(26-23(20)24)13-18(30-22)16-7-11-29-12-8-16/h13,15-16,25H,2-12,14H2,1H3,(H2,24,26). The molecule has 2 saturated heterocycles. The summed E-state index contributed by atoms with van der Waals surface area (Å²) in [6.45, 7) is 7.24. The Kier molecular flexibility index (Phi) is 5.94. The first-order valence-electron chi connectivity index (χ1n) is 11.6. The Morgan fingerprint density at radius 1 is 1.20 bits per heavy atom. The lowest BCUT2D eigenvalue weighted by atomic mass is 9.98. The minimum Gasteiger partial charge on any atom is -0.382 e. The van der Waals surface area contributed by atoms with Gasteiger partial charge in [0.25, 0.3) is 0 Å². The third-order valence-electron chi connectivity index (χ3n) is 6.75. The average molecular weight is 428 g/mol. The van der Waals surface area contributed by atoms with Crippen molar-refractivity contribution in [2.75, 3.05) is 32.0 Å². The summed E-state index contributed by atoms with van der Waals surface area (Å²) >= 11 is 1.91. The van der Waals surface area contributed by atoms with Crippen molar-refractivity contribution in [3.05, 3.63) is 16.8 Å². The molecule has 0 atom stereocenters. The topological polar surface area (TPSA) is 78.0 Å². The number of ether oxygens (including phenoxy) is 1. The van der Waals surface area contributed by atoms with Crippen molar-refractivity contribution in [1.82, 2.24) is 19.9 Å². The number of hydrogen-bond donors (Lipinski definition) is 2. The summed E-state index contributed by atoms with van der Waals surface area (Å²) in [5.41, 5.74) is 9.62. The predicted molar refractivity (Wildman–Crippen MR) is 124 cm³/mol. The van der Waals surface area contributed by atoms with Crippen LogP contribution in [0.1, 0.15) is 62.1 Å². The number of thiophene rings is 1. The second-order valence-electron chi connectivity index (χ2n) is 8.88. The summed E-state index contributed by atoms with van der Waals surface area (Å²) in [6.07, 6.45) is 8.00. The van der Waals surface area contributed by atoms with Crippen molar-refractivity contribution in [2.24, 2.45) is 5.92 Å². The van der Waals surface area contributed by atoms with Gasteiger partial charge in [-0.3, -0.25) is 0 Å². The van der Waals surface area contributed by atoms with Crippen LogP contribution in [0.2, 0.25) is 0 Å². The van der Waals surface area contributed by atoms with Crippen molar-refractivity contribution in [1.29, 1.82) is 0 Å². The smallest absolute Gasteiger partial charge is 0.152 e. The molecule has 2 fully saturated rings. The number of imidazole rings is 1. The van der Waals surface area contributed by atoms with E-state index < -0.39 is 0 Å². The van der Waals surface area contributed by atoms with E-state index in [2.05, 4.69) is 22.9 Å². The van der Waals surface area contributed by atoms with Gasteiger partial charge in [0, 0.05) is 31.1 Å². The highest BCUT2D eigenvalue weighted by Crippen LogP contribution is 2.40. The molecule has 0 saturated carbocycles. The Bertz CT molecular complexity index is 1010. The second-order valence-corrected chi connectivity index (χ2v) is 9.96. The minimum atomic E-state index is 0.578. The van der Waals surface area contributed by atoms with Gasteiger partial charge in [0.2, 0.25) is 0 Å². The third kappa shape index (κ3) is 3.83. The molecule has 3 aromatic rings. The first-order valence-corrected chi connectivity index (χ1v) is 12.4. The molecule has 0 amide bonds. The zero-order chi connectivity index (χ0) is 20.5. The van der Waals surface area contributed by atoms with Crippen molar-refractivity contribution in [3.8, 4) is 0 Å². The summed E-state index contributed by atoms with van der Waals surface area (Å²) < 4.78 is 9.35. The van der Waals surface area contributed by atoms with E-state index in [0.717, 1.165) is 69.6 Å². The van der Waals surface area contributed by atoms with Gasteiger partial charge in [-0.05, 0) is 63.1 Å². The highest BCUT2D eigenvalue weighted by Gasteiger charge is 2.24. The Balaban J connectivity index is 1.62. The number of rotatable bonds is 6. The second kappa shape index (κ2) is 8.81. The Morgan fingerprint density at radius 3 is 2.77 bits per heavy atom. The van der Waals surface area contributed by atoms with Gasteiger partial charge in [-0.1, -0.05) is 13.3 Å². The molecular formula is C23H33N5OS. The van der Waals surface area contributed by atoms with Crippen molar-refractivity contribution in [3.63, 3.8) is 0 Å². The van der Waals surface area contributed by atoms with E-state index in [1.54, 1.807) is 0 Å². The highest BCUT2D eigenvalue weighted by molar-refractivity contribution is 7.20. The zero-order valence-electron chi connectivity index (χ0n) is 18.0. The lowest BCUT2D eigenvalue weighted by Crippen LogP contribution is -2.30. The maximum Gasteiger partial charge on any atom is 0.152 e. The molecule has 0 unspecified atom stereocenters. The van der Waals surface area contributed by atoms with Gasteiger partial charge >= 0.3 is 0 Å². The van der Waals surface area contributed by atoms with E-state index in [1.807, 2.05) is 11.3 Å². The number of pyridine rings is 1. The molecule has 5 rings (SSSR count). The van der Waals surface area contributed by atoms with Crippen LogP contribution in [-0.4, -0.2) is 40.8 Å². The van der Waals surface area contributed by atoms with Gasteiger partial charge in [-0.25, -0.2) is 9.97 Å². The first kappa shape index (κ1) is 20.2. The lowest BCUT2D eigenvalue weighted by Gasteiger charge is -2.24. The van der Waals surface area contributed by atoms with Gasteiger partial charge in [-0.15, -0.1) is 11.3 Å². The SMILES string of the molecule is CCCCc1nc2c(N)nc3cc(C4CCOCC4)sc3c2n1CC1CCNCC1. The summed E-state index contributed by atoms with van der Waals surface area (Å²) in [5.74, 6) is 3.04. The number of piperidine rings is 1. The largest absolute Gasteiger partial charge is 0.382 e. The van der Waals surface area contributed by atoms with E-state index in [0.29, 0.717) is 17.7 Å². The van der Waals surface area contributed by atoms with Crippen LogP contribution in [-0.2, 0) is 17.7 Å². The molecular weight excluding hydrogens is 394 g/mol. The van der Waals surface area contributed by atoms with Crippen LogP contribution in [0.4, 0.5) is 5.82 Å². The van der Waals surface area contributed by atoms with Gasteiger partial charge < -0.3 is 20.4 Å². The number of unbranched alkanes of at least 4 members (excludes halogenated alkanes) is 1. The number of aromatic nitrogens is 3. The lowest BCUT2D eigenvalue weighted by molar-refractivity contribution is 0.0860. The van der Waals surface area contributed by atoms with E-state index >= 15 is 0 Å². The number of fused-ring (bicyclic) bond motifs is 3. The molecule has 2 aliphatic rings. The Morgan fingerprint density at radius 2 is 2.00 bits per heavy atom. The monoisotopic (exact) mass is 427 g/mol. The molecule has 0 aliphatic carbocycles. The third-order valence-corrected chi connectivity index (χ3v) is 8.05. The fourth-order valence-electron chi connectivity index (χ4n) is 4.97. The predicted octanol–water partition coefficient (Wildman–Crippen LogP) is 4.46. The number of aryl methyl sites for hydroxylation is 1. The van der Waals surface area contributed by atoms with E-state index in [9.17, 15) is 0 Å². The molecule has 0 radical (unpaired) electrons. The Hall–Kier alpha value is -1.70. The summed E-state index contributed by atoms with van der Waals surface area (Å²) in [4.78, 5) is 11.2. The number of anilines is 1. The van der Waals surface area contributed by atoms with Crippen molar-refractivity contribution in [2.45, 2.75) is 64.3 Å². The molecule has 162 valence electrons. The molecule has 0 spiro atoms. The maximum absolute atomic E-state index is 6.44. The summed E-state index contributed by atoms with van der Waals surface area (Å²) in [6, 6.07) is 2.28. The molecule has 7 heteroatoms. The minimum absolute atomic E-state index is 0.578. The van der Waals surface area contributed by atoms with E-state index in [-0.39, 0.29) is 0 Å². The fraction of sp³-hybridized carbons (Fsp3) is 0.652. The number of nitrogen functional groups attached to an aromatic ring is 1. The number of hydrogen-bond acceptors (Lipinski definition) is 6. The molecule has 5 heterocycles. The van der Waals surface area contributed by atoms with Crippen LogP contribution in [0, 0.1) is 5.92 Å². The van der Waals surface area contributed by atoms with Gasteiger partial charge in [-0.2, -0.15) is 0 Å². The van der Waals surface area contributed by atoms with Crippen molar-refractivity contribution >= 4 is 38.4 Å². The number of nitrogens with one attached hydrogen (secondary N) is 1. The zero-order valence-corrected chi connectivity index (χ0v) is 18.8. The molecule has 3 aromatic heterocycles. The van der Waals surface area contributed by atoms with E-state index in [1.165, 1.54) is 40.2 Å². The van der Waals surface area contributed by atoms with Crippen molar-refractivity contribution < 1.29 is 4.74 Å². The first-order chi connectivity index (χ1) is 14.7. The normalized spacial score (nSPS) is 19.2.